The smallest absolute Gasteiger partial charge is 0.264 e. The Hall–Kier alpha value is -4.83. The van der Waals surface area contributed by atoms with Crippen molar-refractivity contribution < 1.29 is 27.5 Å². The summed E-state index contributed by atoms with van der Waals surface area (Å²) in [6.45, 7) is 3.65. The molecule has 0 saturated heterocycles. The number of sulfonamides is 1. The molecule has 2 amide bonds. The van der Waals surface area contributed by atoms with Crippen molar-refractivity contribution in [2.45, 2.75) is 37.8 Å². The summed E-state index contributed by atoms with van der Waals surface area (Å²) < 4.78 is 40.3. The molecule has 45 heavy (non-hydrogen) atoms. The van der Waals surface area contributed by atoms with Crippen LogP contribution in [0.2, 0.25) is 0 Å². The number of ether oxygens (including phenoxy) is 2. The van der Waals surface area contributed by atoms with Crippen molar-refractivity contribution >= 4 is 27.5 Å². The monoisotopic (exact) mass is 629 g/mol. The number of benzene rings is 4. The fourth-order valence-corrected chi connectivity index (χ4v) is 6.50. The molecule has 10 heteroatoms. The number of aryl methyl sites for hydroxylation is 1. The van der Waals surface area contributed by atoms with E-state index < -0.39 is 28.5 Å². The Balaban J connectivity index is 1.82. The van der Waals surface area contributed by atoms with Gasteiger partial charge in [0.25, 0.3) is 10.0 Å². The summed E-state index contributed by atoms with van der Waals surface area (Å²) in [7, 11) is -1.35. The van der Waals surface area contributed by atoms with Crippen LogP contribution in [0.25, 0.3) is 0 Å². The van der Waals surface area contributed by atoms with Gasteiger partial charge in [-0.1, -0.05) is 72.3 Å². The molecule has 0 bridgehead atoms. The third kappa shape index (κ3) is 8.21. The van der Waals surface area contributed by atoms with Gasteiger partial charge in [0.05, 0.1) is 24.8 Å². The van der Waals surface area contributed by atoms with Crippen LogP contribution in [-0.4, -0.2) is 58.5 Å². The molecular weight excluding hydrogens is 590 g/mol. The number of para-hydroxylation sites is 2. The van der Waals surface area contributed by atoms with Crippen LogP contribution in [0.3, 0.4) is 0 Å². The normalized spacial score (nSPS) is 11.7. The largest absolute Gasteiger partial charge is 0.497 e. The second-order valence-corrected chi connectivity index (χ2v) is 12.3. The fourth-order valence-electron chi connectivity index (χ4n) is 5.08. The van der Waals surface area contributed by atoms with E-state index in [1.165, 1.54) is 31.3 Å². The summed E-state index contributed by atoms with van der Waals surface area (Å²) >= 11 is 0. The lowest BCUT2D eigenvalue weighted by molar-refractivity contribution is -0.140. The maximum Gasteiger partial charge on any atom is 0.264 e. The maximum absolute atomic E-state index is 14.5. The minimum absolute atomic E-state index is 0.0307. The second kappa shape index (κ2) is 15.3. The first-order chi connectivity index (χ1) is 21.7. The van der Waals surface area contributed by atoms with Gasteiger partial charge in [-0.05, 0) is 61.4 Å². The van der Waals surface area contributed by atoms with Crippen LogP contribution < -0.4 is 19.1 Å². The summed E-state index contributed by atoms with van der Waals surface area (Å²) in [5.41, 5.74) is 2.86. The van der Waals surface area contributed by atoms with Crippen LogP contribution in [0.1, 0.15) is 23.6 Å². The summed E-state index contributed by atoms with van der Waals surface area (Å²) in [6.07, 6.45) is 0.240. The van der Waals surface area contributed by atoms with Gasteiger partial charge in [-0.25, -0.2) is 8.42 Å². The minimum Gasteiger partial charge on any atom is -0.497 e. The molecule has 0 spiro atoms. The van der Waals surface area contributed by atoms with E-state index in [9.17, 15) is 18.0 Å². The molecule has 0 aliphatic heterocycles. The Kier molecular flexibility index (Phi) is 11.2. The fraction of sp³-hybridized carbons (Fsp3) is 0.257. The standard InChI is InChI=1S/C35H39N3O6S/c1-5-36-35(40)32(23-27-13-7-6-8-14-27)37(24-28-15-11-12-26(2)22-28)34(39)25-38(31-16-9-10-17-33(31)44-4)45(41,42)30-20-18-29(43-3)19-21-30/h6-22,32H,5,23-25H2,1-4H3,(H,36,40)/t32-/m1/s1. The van der Waals surface area contributed by atoms with Gasteiger partial charge in [-0.15, -0.1) is 0 Å². The Bertz CT molecular complexity index is 1690. The van der Waals surface area contributed by atoms with Crippen LogP contribution in [0.5, 0.6) is 11.5 Å². The number of carbonyl (C=O) groups excluding carboxylic acids is 2. The average Bonchev–Trinajstić information content (AvgIpc) is 3.05. The Morgan fingerprint density at radius 3 is 2.13 bits per heavy atom. The quantitative estimate of drug-likeness (QED) is 0.211. The predicted molar refractivity (Wildman–Crippen MR) is 175 cm³/mol. The van der Waals surface area contributed by atoms with E-state index in [1.54, 1.807) is 36.4 Å². The van der Waals surface area contributed by atoms with Crippen LogP contribution in [0, 0.1) is 6.92 Å². The van der Waals surface area contributed by atoms with Crippen LogP contribution in [0.4, 0.5) is 5.69 Å². The molecule has 0 heterocycles. The Morgan fingerprint density at radius 2 is 1.49 bits per heavy atom. The van der Waals surface area contributed by atoms with Gasteiger partial charge >= 0.3 is 0 Å². The average molecular weight is 630 g/mol. The topological polar surface area (TPSA) is 105 Å². The number of nitrogens with zero attached hydrogens (tertiary/aromatic N) is 2. The van der Waals surface area contributed by atoms with Gasteiger partial charge < -0.3 is 19.7 Å². The number of likely N-dealkylation sites (N-methyl/N-ethyl adjacent to an activating group) is 1. The minimum atomic E-state index is -4.29. The molecule has 0 aromatic heterocycles. The molecule has 1 N–H and O–H groups in total. The van der Waals surface area contributed by atoms with Gasteiger partial charge in [0, 0.05) is 19.5 Å². The highest BCUT2D eigenvalue weighted by Gasteiger charge is 2.35. The lowest BCUT2D eigenvalue weighted by Crippen LogP contribution is -2.53. The van der Waals surface area contributed by atoms with Crippen molar-refractivity contribution in [2.75, 3.05) is 31.6 Å². The highest BCUT2D eigenvalue weighted by atomic mass is 32.2. The number of carbonyl (C=O) groups is 2. The molecule has 0 fully saturated rings. The summed E-state index contributed by atoms with van der Waals surface area (Å²) in [5, 5.41) is 2.87. The number of hydrogen-bond donors (Lipinski definition) is 1. The zero-order chi connectivity index (χ0) is 32.4. The lowest BCUT2D eigenvalue weighted by Gasteiger charge is -2.34. The third-order valence-corrected chi connectivity index (χ3v) is 9.11. The molecule has 0 saturated carbocycles. The van der Waals surface area contributed by atoms with E-state index >= 15 is 0 Å². The van der Waals surface area contributed by atoms with E-state index in [0.29, 0.717) is 12.3 Å². The maximum atomic E-state index is 14.5. The molecule has 4 aromatic carbocycles. The molecule has 0 aliphatic rings. The van der Waals surface area contributed by atoms with Crippen molar-refractivity contribution in [1.29, 1.82) is 0 Å². The van der Waals surface area contributed by atoms with Gasteiger partial charge in [-0.3, -0.25) is 13.9 Å². The Labute approximate surface area is 265 Å². The molecule has 0 radical (unpaired) electrons. The van der Waals surface area contributed by atoms with E-state index in [2.05, 4.69) is 5.32 Å². The van der Waals surface area contributed by atoms with E-state index in [1.807, 2.05) is 68.4 Å². The predicted octanol–water partition coefficient (Wildman–Crippen LogP) is 4.98. The number of hydrogen-bond acceptors (Lipinski definition) is 6. The zero-order valence-corrected chi connectivity index (χ0v) is 26.8. The van der Waals surface area contributed by atoms with Crippen LogP contribution in [-0.2, 0) is 32.6 Å². The molecule has 9 nitrogen and oxygen atoms in total. The molecule has 0 aliphatic carbocycles. The van der Waals surface area contributed by atoms with E-state index in [4.69, 9.17) is 9.47 Å². The Morgan fingerprint density at radius 1 is 0.822 bits per heavy atom. The van der Waals surface area contributed by atoms with Gasteiger partial charge in [0.15, 0.2) is 0 Å². The summed E-state index contributed by atoms with van der Waals surface area (Å²) in [4.78, 5) is 29.6. The molecular formula is C35H39N3O6S. The molecule has 4 aromatic rings. The SMILES string of the molecule is CCNC(=O)[C@@H](Cc1ccccc1)N(Cc1cccc(C)c1)C(=O)CN(c1ccccc1OC)S(=O)(=O)c1ccc(OC)cc1. The number of anilines is 1. The number of methoxy groups -OCH3 is 2. The van der Waals surface area contributed by atoms with E-state index in [-0.39, 0.29) is 35.2 Å². The molecule has 4 rings (SSSR count). The summed E-state index contributed by atoms with van der Waals surface area (Å²) in [5.74, 6) is -0.114. The molecule has 236 valence electrons. The molecule has 0 unspecified atom stereocenters. The van der Waals surface area contributed by atoms with Gasteiger partial charge in [0.2, 0.25) is 11.8 Å². The van der Waals surface area contributed by atoms with Crippen molar-refractivity contribution in [2.24, 2.45) is 0 Å². The summed E-state index contributed by atoms with van der Waals surface area (Å²) in [6, 6.07) is 28.8. The van der Waals surface area contributed by atoms with Gasteiger partial charge in [0.1, 0.15) is 24.1 Å². The third-order valence-electron chi connectivity index (χ3n) is 7.34. The lowest BCUT2D eigenvalue weighted by atomic mass is 10.0. The highest BCUT2D eigenvalue weighted by Crippen LogP contribution is 2.33. The first-order valence-electron chi connectivity index (χ1n) is 14.6. The number of rotatable bonds is 14. The number of amides is 2. The highest BCUT2D eigenvalue weighted by molar-refractivity contribution is 7.92. The first kappa shape index (κ1) is 33.1. The zero-order valence-electron chi connectivity index (χ0n) is 26.0. The second-order valence-electron chi connectivity index (χ2n) is 10.5. The van der Waals surface area contributed by atoms with E-state index in [0.717, 1.165) is 21.0 Å². The number of nitrogens with one attached hydrogen (secondary N) is 1. The molecule has 1 atom stereocenters. The van der Waals surface area contributed by atoms with Crippen molar-refractivity contribution in [3.8, 4) is 11.5 Å². The van der Waals surface area contributed by atoms with Crippen LogP contribution in [0.15, 0.2) is 108 Å². The van der Waals surface area contributed by atoms with Crippen molar-refractivity contribution in [3.05, 3.63) is 120 Å². The van der Waals surface area contributed by atoms with Crippen molar-refractivity contribution in [3.63, 3.8) is 0 Å². The first-order valence-corrected chi connectivity index (χ1v) is 16.1. The van der Waals surface area contributed by atoms with Crippen molar-refractivity contribution in [1.82, 2.24) is 10.2 Å². The van der Waals surface area contributed by atoms with Crippen LogP contribution >= 0.6 is 0 Å². The van der Waals surface area contributed by atoms with Gasteiger partial charge in [-0.2, -0.15) is 0 Å².